The molecular weight excluding hydrogens is 211 g/mol. The standard InChI is InChI=1S/C7H8Cl2N4/c1-2-4(3-10)7(12)13-6(9)5(8)11/h2H,11H2,1H3,(H2,12,13)/b4-2-,6-5-. The molecule has 0 unspecified atom stereocenters. The zero-order valence-corrected chi connectivity index (χ0v) is 8.39. The molecule has 0 aliphatic carbocycles. The molecule has 0 aliphatic heterocycles. The summed E-state index contributed by atoms with van der Waals surface area (Å²) in [6.45, 7) is 1.66. The van der Waals surface area contributed by atoms with Gasteiger partial charge >= 0.3 is 0 Å². The highest BCUT2D eigenvalue weighted by atomic mass is 35.5. The zero-order chi connectivity index (χ0) is 10.4. The summed E-state index contributed by atoms with van der Waals surface area (Å²) >= 11 is 10.8. The van der Waals surface area contributed by atoms with E-state index >= 15 is 0 Å². The van der Waals surface area contributed by atoms with Crippen molar-refractivity contribution in [3.05, 3.63) is 22.0 Å². The molecule has 0 saturated heterocycles. The summed E-state index contributed by atoms with van der Waals surface area (Å²) in [4.78, 5) is 3.61. The fourth-order valence-corrected chi connectivity index (χ4v) is 0.622. The molecule has 0 aromatic carbocycles. The number of aliphatic imine (C=N–C) groups is 1. The van der Waals surface area contributed by atoms with Crippen LogP contribution in [0.3, 0.4) is 0 Å². The maximum Gasteiger partial charge on any atom is 0.166 e. The van der Waals surface area contributed by atoms with Gasteiger partial charge in [0.05, 0.1) is 5.57 Å². The Labute approximate surface area is 86.1 Å². The topological polar surface area (TPSA) is 88.2 Å². The molecule has 0 spiro atoms. The summed E-state index contributed by atoms with van der Waals surface area (Å²) < 4.78 is 0. The maximum atomic E-state index is 8.55. The summed E-state index contributed by atoms with van der Waals surface area (Å²) in [5.74, 6) is -0.0152. The van der Waals surface area contributed by atoms with Crippen molar-refractivity contribution in [1.82, 2.24) is 0 Å². The molecule has 0 aromatic heterocycles. The average molecular weight is 219 g/mol. The predicted molar refractivity (Wildman–Crippen MR) is 53.9 cm³/mol. The van der Waals surface area contributed by atoms with Crippen molar-refractivity contribution >= 4 is 29.0 Å². The lowest BCUT2D eigenvalue weighted by Gasteiger charge is -1.96. The Morgan fingerprint density at radius 1 is 1.46 bits per heavy atom. The Morgan fingerprint density at radius 3 is 2.31 bits per heavy atom. The van der Waals surface area contributed by atoms with Gasteiger partial charge in [-0.25, -0.2) is 4.99 Å². The van der Waals surface area contributed by atoms with Gasteiger partial charge in [-0.1, -0.05) is 29.3 Å². The summed E-state index contributed by atoms with van der Waals surface area (Å²) in [6, 6.07) is 1.84. The molecule has 0 aromatic rings. The summed E-state index contributed by atoms with van der Waals surface area (Å²) in [6.07, 6.45) is 1.51. The van der Waals surface area contributed by atoms with Crippen LogP contribution in [-0.4, -0.2) is 5.84 Å². The van der Waals surface area contributed by atoms with Crippen molar-refractivity contribution < 1.29 is 0 Å². The third kappa shape index (κ3) is 3.83. The van der Waals surface area contributed by atoms with Crippen LogP contribution < -0.4 is 11.5 Å². The van der Waals surface area contributed by atoms with Gasteiger partial charge in [-0.15, -0.1) is 0 Å². The molecule has 0 heterocycles. The molecule has 0 aliphatic rings. The van der Waals surface area contributed by atoms with Gasteiger partial charge in [-0.2, -0.15) is 5.26 Å². The van der Waals surface area contributed by atoms with Gasteiger partial charge in [-0.3, -0.25) is 0 Å². The van der Waals surface area contributed by atoms with E-state index in [9.17, 15) is 0 Å². The van der Waals surface area contributed by atoms with Crippen LogP contribution in [0, 0.1) is 11.3 Å². The second-order valence-electron chi connectivity index (χ2n) is 1.95. The van der Waals surface area contributed by atoms with Gasteiger partial charge in [0.1, 0.15) is 17.1 Å². The third-order valence-corrected chi connectivity index (χ3v) is 1.66. The van der Waals surface area contributed by atoms with E-state index in [1.165, 1.54) is 6.08 Å². The molecule has 6 heteroatoms. The van der Waals surface area contributed by atoms with Crippen LogP contribution in [0.2, 0.25) is 0 Å². The minimum absolute atomic E-state index is 0.0152. The molecule has 0 radical (unpaired) electrons. The van der Waals surface area contributed by atoms with E-state index in [0.29, 0.717) is 0 Å². The van der Waals surface area contributed by atoms with Gasteiger partial charge in [0.2, 0.25) is 0 Å². The molecule has 0 rings (SSSR count). The van der Waals surface area contributed by atoms with Gasteiger partial charge in [0.25, 0.3) is 0 Å². The quantitative estimate of drug-likeness (QED) is 0.318. The summed E-state index contributed by atoms with van der Waals surface area (Å²) in [7, 11) is 0. The molecule has 0 saturated carbocycles. The minimum atomic E-state index is -0.169. The lowest BCUT2D eigenvalue weighted by atomic mass is 10.2. The fraction of sp³-hybridized carbons (Fsp3) is 0.143. The van der Waals surface area contributed by atoms with Crippen molar-refractivity contribution in [2.24, 2.45) is 16.5 Å². The monoisotopic (exact) mass is 218 g/mol. The summed E-state index contributed by atoms with van der Waals surface area (Å²) in [5.41, 5.74) is 10.7. The van der Waals surface area contributed by atoms with E-state index in [1.807, 2.05) is 6.07 Å². The van der Waals surface area contributed by atoms with E-state index in [1.54, 1.807) is 6.92 Å². The van der Waals surface area contributed by atoms with E-state index in [-0.39, 0.29) is 21.7 Å². The van der Waals surface area contributed by atoms with Crippen LogP contribution in [0.5, 0.6) is 0 Å². The molecule has 0 bridgehead atoms. The molecule has 70 valence electrons. The molecule has 0 fully saturated rings. The fourth-order valence-electron chi connectivity index (χ4n) is 0.489. The highest BCUT2D eigenvalue weighted by molar-refractivity contribution is 6.39. The second kappa shape index (κ2) is 5.46. The lowest BCUT2D eigenvalue weighted by Crippen LogP contribution is -2.14. The molecular formula is C7H8Cl2N4. The first-order chi connectivity index (χ1) is 6.02. The minimum Gasteiger partial charge on any atom is -0.387 e. The Balaban J connectivity index is 4.92. The Bertz CT molecular complexity index is 318. The molecule has 0 atom stereocenters. The number of allylic oxidation sites excluding steroid dienone is 1. The molecule has 4 nitrogen and oxygen atoms in total. The normalized spacial score (nSPS) is 14.9. The van der Waals surface area contributed by atoms with Crippen LogP contribution in [0.15, 0.2) is 27.0 Å². The highest BCUT2D eigenvalue weighted by Crippen LogP contribution is 2.10. The number of nitriles is 1. The van der Waals surface area contributed by atoms with Crippen LogP contribution in [0.1, 0.15) is 6.92 Å². The first-order valence-corrected chi connectivity index (χ1v) is 4.00. The van der Waals surface area contributed by atoms with Gasteiger partial charge in [0.15, 0.2) is 5.16 Å². The van der Waals surface area contributed by atoms with Crippen molar-refractivity contribution in [3.63, 3.8) is 0 Å². The zero-order valence-electron chi connectivity index (χ0n) is 6.88. The van der Waals surface area contributed by atoms with Crippen molar-refractivity contribution in [3.8, 4) is 6.07 Å². The SMILES string of the molecule is C\C=C(C#N)/C(N)=N\C(Cl)=C(/N)Cl. The van der Waals surface area contributed by atoms with Gasteiger partial charge in [-0.05, 0) is 6.92 Å². The van der Waals surface area contributed by atoms with Crippen LogP contribution >= 0.6 is 23.2 Å². The van der Waals surface area contributed by atoms with Crippen LogP contribution in [0.4, 0.5) is 0 Å². The number of rotatable bonds is 2. The first kappa shape index (κ1) is 11.8. The number of nitrogens with two attached hydrogens (primary N) is 2. The number of nitrogens with zero attached hydrogens (tertiary/aromatic N) is 2. The largest absolute Gasteiger partial charge is 0.387 e. The maximum absolute atomic E-state index is 8.55. The predicted octanol–water partition coefficient (Wildman–Crippen LogP) is 1.38. The highest BCUT2D eigenvalue weighted by Gasteiger charge is 2.02. The molecule has 0 amide bonds. The Hall–Kier alpha value is -1.18. The smallest absolute Gasteiger partial charge is 0.166 e. The van der Waals surface area contributed by atoms with Gasteiger partial charge < -0.3 is 11.5 Å². The second-order valence-corrected chi connectivity index (χ2v) is 2.72. The van der Waals surface area contributed by atoms with Crippen LogP contribution in [0.25, 0.3) is 0 Å². The van der Waals surface area contributed by atoms with Crippen molar-refractivity contribution in [1.29, 1.82) is 5.26 Å². The molecule has 4 N–H and O–H groups in total. The van der Waals surface area contributed by atoms with E-state index in [0.717, 1.165) is 0 Å². The molecule has 13 heavy (non-hydrogen) atoms. The van der Waals surface area contributed by atoms with Crippen LogP contribution in [-0.2, 0) is 0 Å². The Morgan fingerprint density at radius 2 is 2.00 bits per heavy atom. The number of hydrogen-bond acceptors (Lipinski definition) is 3. The number of hydrogen-bond donors (Lipinski definition) is 2. The van der Waals surface area contributed by atoms with E-state index < -0.39 is 0 Å². The van der Waals surface area contributed by atoms with Crippen molar-refractivity contribution in [2.45, 2.75) is 6.92 Å². The number of amidine groups is 1. The third-order valence-electron chi connectivity index (χ3n) is 1.10. The van der Waals surface area contributed by atoms with Gasteiger partial charge in [0, 0.05) is 0 Å². The number of halogens is 2. The lowest BCUT2D eigenvalue weighted by molar-refractivity contribution is 1.36. The van der Waals surface area contributed by atoms with Crippen molar-refractivity contribution in [2.75, 3.05) is 0 Å². The first-order valence-electron chi connectivity index (χ1n) is 3.24. The Kier molecular flexibility index (Phi) is 4.97. The average Bonchev–Trinajstić information content (AvgIpc) is 2.06. The van der Waals surface area contributed by atoms with E-state index in [4.69, 9.17) is 39.9 Å². The van der Waals surface area contributed by atoms with E-state index in [2.05, 4.69) is 4.99 Å². The summed E-state index contributed by atoms with van der Waals surface area (Å²) in [5, 5.41) is 8.25.